The molecule has 0 aliphatic carbocycles. The molecule has 2 N–H and O–H groups in total. The standard InChI is InChI=1S/C15H11N3O2S2/c19-13(12-7-4-8-20-12)17-14(21)18-15-16-11(9-22-15)10-5-2-1-3-6-10/h1-9H,(H2,16,17,18,19,21). The molecule has 1 aromatic carbocycles. The Bertz CT molecular complexity index is 782. The molecule has 0 saturated heterocycles. The van der Waals surface area contributed by atoms with Crippen LogP contribution in [0.2, 0.25) is 0 Å². The number of hydrogen-bond acceptors (Lipinski definition) is 5. The molecule has 0 atom stereocenters. The van der Waals surface area contributed by atoms with Crippen LogP contribution < -0.4 is 10.6 Å². The molecule has 2 heterocycles. The van der Waals surface area contributed by atoms with Crippen molar-refractivity contribution in [2.75, 3.05) is 5.32 Å². The van der Waals surface area contributed by atoms with Gasteiger partial charge in [-0.1, -0.05) is 30.3 Å². The highest BCUT2D eigenvalue weighted by Gasteiger charge is 2.11. The summed E-state index contributed by atoms with van der Waals surface area (Å²) in [5.41, 5.74) is 1.88. The molecule has 0 radical (unpaired) electrons. The summed E-state index contributed by atoms with van der Waals surface area (Å²) in [5.74, 6) is -0.199. The second-order valence-electron chi connectivity index (χ2n) is 4.29. The molecule has 0 spiro atoms. The van der Waals surface area contributed by atoms with Crippen molar-refractivity contribution in [2.45, 2.75) is 0 Å². The molecule has 5 nitrogen and oxygen atoms in total. The molecule has 22 heavy (non-hydrogen) atoms. The highest BCUT2D eigenvalue weighted by atomic mass is 32.1. The summed E-state index contributed by atoms with van der Waals surface area (Å²) in [7, 11) is 0. The SMILES string of the molecule is O=C(NC(=S)Nc1nc(-c2ccccc2)cs1)c1ccco1. The average molecular weight is 329 g/mol. The summed E-state index contributed by atoms with van der Waals surface area (Å²) in [6.07, 6.45) is 1.43. The molecule has 0 unspecified atom stereocenters. The van der Waals surface area contributed by atoms with E-state index < -0.39 is 5.91 Å². The molecule has 0 aliphatic heterocycles. The Balaban J connectivity index is 1.63. The fourth-order valence-electron chi connectivity index (χ4n) is 1.77. The van der Waals surface area contributed by atoms with Crippen molar-refractivity contribution in [3.63, 3.8) is 0 Å². The van der Waals surface area contributed by atoms with E-state index in [1.807, 2.05) is 35.7 Å². The number of thiazole rings is 1. The lowest BCUT2D eigenvalue weighted by atomic mass is 10.2. The van der Waals surface area contributed by atoms with Crippen molar-refractivity contribution in [3.05, 3.63) is 59.9 Å². The molecule has 3 rings (SSSR count). The monoisotopic (exact) mass is 329 g/mol. The molecule has 3 aromatic rings. The van der Waals surface area contributed by atoms with E-state index in [1.165, 1.54) is 17.6 Å². The van der Waals surface area contributed by atoms with Crippen LogP contribution in [0.15, 0.2) is 58.5 Å². The zero-order valence-electron chi connectivity index (χ0n) is 11.3. The minimum Gasteiger partial charge on any atom is -0.459 e. The Morgan fingerprint density at radius 1 is 1.18 bits per heavy atom. The number of carbonyl (C=O) groups is 1. The first-order chi connectivity index (χ1) is 10.7. The molecule has 0 fully saturated rings. The molecule has 0 aliphatic rings. The largest absolute Gasteiger partial charge is 0.459 e. The van der Waals surface area contributed by atoms with Gasteiger partial charge >= 0.3 is 0 Å². The number of nitrogens with one attached hydrogen (secondary N) is 2. The van der Waals surface area contributed by atoms with Gasteiger partial charge < -0.3 is 9.73 Å². The van der Waals surface area contributed by atoms with Crippen molar-refractivity contribution in [1.82, 2.24) is 10.3 Å². The number of nitrogens with zero attached hydrogens (tertiary/aromatic N) is 1. The van der Waals surface area contributed by atoms with E-state index in [9.17, 15) is 4.79 Å². The first kappa shape index (κ1) is 14.4. The van der Waals surface area contributed by atoms with Gasteiger partial charge in [-0.3, -0.25) is 10.1 Å². The molecule has 110 valence electrons. The molecule has 0 saturated carbocycles. The number of amides is 1. The minimum absolute atomic E-state index is 0.176. The molecule has 1 amide bonds. The lowest BCUT2D eigenvalue weighted by Crippen LogP contribution is -2.33. The van der Waals surface area contributed by atoms with Crippen molar-refractivity contribution >= 4 is 39.7 Å². The minimum atomic E-state index is -0.401. The number of rotatable bonds is 3. The van der Waals surface area contributed by atoms with Gasteiger partial charge in [0.2, 0.25) is 0 Å². The number of anilines is 1. The normalized spacial score (nSPS) is 10.2. The maximum absolute atomic E-state index is 11.8. The summed E-state index contributed by atoms with van der Waals surface area (Å²) < 4.78 is 5.00. The van der Waals surface area contributed by atoms with E-state index in [0.717, 1.165) is 11.3 Å². The Hall–Kier alpha value is -2.51. The maximum Gasteiger partial charge on any atom is 0.293 e. The van der Waals surface area contributed by atoms with E-state index in [4.69, 9.17) is 16.6 Å². The van der Waals surface area contributed by atoms with Gasteiger partial charge in [-0.05, 0) is 24.4 Å². The van der Waals surface area contributed by atoms with Gasteiger partial charge in [0.1, 0.15) is 0 Å². The Labute approximate surface area is 136 Å². The van der Waals surface area contributed by atoms with Crippen LogP contribution >= 0.6 is 23.6 Å². The lowest BCUT2D eigenvalue weighted by Gasteiger charge is -2.05. The number of aromatic nitrogens is 1. The second-order valence-corrected chi connectivity index (χ2v) is 5.56. The van der Waals surface area contributed by atoms with Crippen molar-refractivity contribution in [1.29, 1.82) is 0 Å². The van der Waals surface area contributed by atoms with Crippen LogP contribution in [-0.4, -0.2) is 16.0 Å². The third-order valence-electron chi connectivity index (χ3n) is 2.77. The lowest BCUT2D eigenvalue weighted by molar-refractivity contribution is 0.0950. The number of thiocarbonyl (C=S) groups is 1. The molecule has 2 aromatic heterocycles. The summed E-state index contributed by atoms with van der Waals surface area (Å²) in [6, 6.07) is 13.0. The van der Waals surface area contributed by atoms with E-state index >= 15 is 0 Å². The van der Waals surface area contributed by atoms with Crippen LogP contribution in [0, 0.1) is 0 Å². The van der Waals surface area contributed by atoms with E-state index in [2.05, 4.69) is 15.6 Å². The van der Waals surface area contributed by atoms with Gasteiger partial charge in [0.05, 0.1) is 12.0 Å². The summed E-state index contributed by atoms with van der Waals surface area (Å²) in [5, 5.41) is 8.14. The molecule has 7 heteroatoms. The zero-order valence-corrected chi connectivity index (χ0v) is 12.9. The Kier molecular flexibility index (Phi) is 4.27. The molecule has 0 bridgehead atoms. The number of furan rings is 1. The van der Waals surface area contributed by atoms with E-state index in [0.29, 0.717) is 5.13 Å². The highest BCUT2D eigenvalue weighted by molar-refractivity contribution is 7.80. The first-order valence-electron chi connectivity index (χ1n) is 6.39. The van der Waals surface area contributed by atoms with Crippen LogP contribution in [0.4, 0.5) is 5.13 Å². The van der Waals surface area contributed by atoms with Crippen LogP contribution in [-0.2, 0) is 0 Å². The van der Waals surface area contributed by atoms with Gasteiger partial charge in [0.15, 0.2) is 16.0 Å². The maximum atomic E-state index is 11.8. The van der Waals surface area contributed by atoms with Crippen LogP contribution in [0.5, 0.6) is 0 Å². The molecular weight excluding hydrogens is 318 g/mol. The fraction of sp³-hybridized carbons (Fsp3) is 0. The molecular formula is C15H11N3O2S2. The second kappa shape index (κ2) is 6.50. The number of carbonyl (C=O) groups excluding carboxylic acids is 1. The smallest absolute Gasteiger partial charge is 0.293 e. The summed E-state index contributed by atoms with van der Waals surface area (Å²) >= 11 is 6.51. The Morgan fingerprint density at radius 2 is 2.00 bits per heavy atom. The quantitative estimate of drug-likeness (QED) is 0.720. The van der Waals surface area contributed by atoms with Gasteiger partial charge in [-0.15, -0.1) is 11.3 Å². The first-order valence-corrected chi connectivity index (χ1v) is 7.68. The van der Waals surface area contributed by atoms with Crippen LogP contribution in [0.25, 0.3) is 11.3 Å². The highest BCUT2D eigenvalue weighted by Crippen LogP contribution is 2.24. The third kappa shape index (κ3) is 3.38. The van der Waals surface area contributed by atoms with Gasteiger partial charge in [-0.25, -0.2) is 4.98 Å². The van der Waals surface area contributed by atoms with Crippen molar-refractivity contribution in [3.8, 4) is 11.3 Å². The van der Waals surface area contributed by atoms with Crippen LogP contribution in [0.3, 0.4) is 0 Å². The average Bonchev–Trinajstić information content (AvgIpc) is 3.19. The topological polar surface area (TPSA) is 67.2 Å². The van der Waals surface area contributed by atoms with E-state index in [1.54, 1.807) is 12.1 Å². The van der Waals surface area contributed by atoms with Crippen molar-refractivity contribution < 1.29 is 9.21 Å². The zero-order chi connectivity index (χ0) is 15.4. The third-order valence-corrected chi connectivity index (χ3v) is 3.73. The fourth-order valence-corrected chi connectivity index (χ4v) is 2.75. The Morgan fingerprint density at radius 3 is 2.73 bits per heavy atom. The predicted molar refractivity (Wildman–Crippen MR) is 89.9 cm³/mol. The van der Waals surface area contributed by atoms with Gasteiger partial charge in [-0.2, -0.15) is 0 Å². The van der Waals surface area contributed by atoms with Gasteiger partial charge in [0.25, 0.3) is 5.91 Å². The van der Waals surface area contributed by atoms with Crippen molar-refractivity contribution in [2.24, 2.45) is 0 Å². The summed E-state index contributed by atoms with van der Waals surface area (Å²) in [6.45, 7) is 0. The predicted octanol–water partition coefficient (Wildman–Crippen LogP) is 3.53. The van der Waals surface area contributed by atoms with Gasteiger partial charge in [0, 0.05) is 10.9 Å². The number of benzene rings is 1. The number of hydrogen-bond donors (Lipinski definition) is 2. The van der Waals surface area contributed by atoms with Crippen LogP contribution in [0.1, 0.15) is 10.6 Å². The summed E-state index contributed by atoms with van der Waals surface area (Å²) in [4.78, 5) is 16.2. The van der Waals surface area contributed by atoms with E-state index in [-0.39, 0.29) is 10.9 Å².